The lowest BCUT2D eigenvalue weighted by atomic mass is 9.34. The lowest BCUT2D eigenvalue weighted by Gasteiger charge is -2.66. The Morgan fingerprint density at radius 1 is 0.258 bits per heavy atom. The van der Waals surface area contributed by atoms with Crippen LogP contribution in [0.1, 0.15) is 157 Å². The third kappa shape index (κ3) is 5.76. The first-order valence-corrected chi connectivity index (χ1v) is 34.1. The quantitative estimate of drug-likeness (QED) is 0.0463. The Hall–Kier alpha value is -11.0. The molecule has 11 aliphatic carbocycles. The van der Waals surface area contributed by atoms with Gasteiger partial charge in [0.05, 0.1) is 27.1 Å². The van der Waals surface area contributed by atoms with Gasteiger partial charge in [-0.3, -0.25) is 24.0 Å². The molecule has 11 aliphatic rings. The van der Waals surface area contributed by atoms with E-state index in [-0.39, 0.29) is 32.1 Å². The van der Waals surface area contributed by atoms with E-state index in [0.717, 1.165) is 77.9 Å². The number of carboxylic acids is 5. The van der Waals surface area contributed by atoms with Gasteiger partial charge in [-0.25, -0.2) is 0 Å². The molecule has 0 heterocycles. The van der Waals surface area contributed by atoms with Gasteiger partial charge in [-0.05, 0) is 228 Å². The average molecular weight is 1270 g/mol. The van der Waals surface area contributed by atoms with Crippen LogP contribution in [-0.2, 0) is 83.2 Å². The highest BCUT2D eigenvalue weighted by Crippen LogP contribution is 2.93. The summed E-state index contributed by atoms with van der Waals surface area (Å²) in [5, 5.41) is 50.8. The smallest absolute Gasteiger partial charge is 0.303 e. The zero-order valence-electron chi connectivity index (χ0n) is 52.9. The molecule has 0 amide bonds. The summed E-state index contributed by atoms with van der Waals surface area (Å²) in [5.74, 6) is -4.29. The third-order valence-corrected chi connectivity index (χ3v) is 25.6. The molecule has 10 nitrogen and oxygen atoms in total. The molecule has 0 unspecified atom stereocenters. The summed E-state index contributed by atoms with van der Waals surface area (Å²) in [7, 11) is 0. The van der Waals surface area contributed by atoms with E-state index in [0.29, 0.717) is 38.5 Å². The van der Waals surface area contributed by atoms with E-state index in [1.807, 2.05) is 0 Å². The fourth-order valence-corrected chi connectivity index (χ4v) is 22.9. The molecule has 0 spiro atoms. The second kappa shape index (κ2) is 17.9. The molecule has 21 rings (SSSR count). The standard InChI is InChI=1S/C87H60O10/c1-2-82-80-78-79-81(82)86(51-24-9-46(10-25-51)16-41-66(94)95)73-58-33-31-56-54-29-28-53-55-30-32-57-59-34-36-61-62-37-35-60(58)75(86)77(62)87(82,52-26-11-47(12-27-52)17-42-67(96)97)76(61)74(59)85(80,50-22-7-45(8-23-50)15-40-65(92)93)72(57)70(55)83(78,48-18-3-43(4-19-48)13-38-63(88)89)68(53)69(54)84(79,71(56)73)49-20-5-44(6-21-49)14-39-64(90)91/h3-12,18-37H,2,13-17,38-42H2,1H3,(H,88,89)(H,90,91)(H,92,93)(H,94,95)(H,96,97)/t82-,83+,84-,85+,86-,87+. The lowest BCUT2D eigenvalue weighted by molar-refractivity contribution is -0.138. The molecule has 0 saturated heterocycles. The minimum absolute atomic E-state index is 0.0151. The van der Waals surface area contributed by atoms with Crippen LogP contribution in [-0.4, -0.2) is 55.4 Å². The van der Waals surface area contributed by atoms with Gasteiger partial charge in [-0.1, -0.05) is 189 Å². The van der Waals surface area contributed by atoms with Gasteiger partial charge >= 0.3 is 29.8 Å². The van der Waals surface area contributed by atoms with E-state index in [1.165, 1.54) is 111 Å². The number of carboxylic acid groups (broad SMARTS) is 5. The van der Waals surface area contributed by atoms with Crippen LogP contribution in [0, 0.1) is 5.41 Å². The number of aliphatic carboxylic acids is 5. The van der Waals surface area contributed by atoms with Crippen molar-refractivity contribution in [3.63, 3.8) is 0 Å². The van der Waals surface area contributed by atoms with Crippen LogP contribution < -0.4 is 0 Å². The summed E-state index contributed by atoms with van der Waals surface area (Å²) in [6.45, 7) is 2.44. The third-order valence-electron chi connectivity index (χ3n) is 25.6. The Kier molecular flexibility index (Phi) is 10.2. The maximum absolute atomic E-state index is 12.4. The van der Waals surface area contributed by atoms with Crippen LogP contribution in [0.2, 0.25) is 0 Å². The van der Waals surface area contributed by atoms with Gasteiger partial charge in [0, 0.05) is 37.5 Å². The molecule has 0 aliphatic heterocycles. The Bertz CT molecular complexity index is 5280. The van der Waals surface area contributed by atoms with E-state index in [2.05, 4.69) is 189 Å². The van der Waals surface area contributed by atoms with Crippen LogP contribution >= 0.6 is 0 Å². The highest BCUT2D eigenvalue weighted by Gasteiger charge is 2.86. The van der Waals surface area contributed by atoms with Gasteiger partial charge in [-0.2, -0.15) is 0 Å². The second-order valence-electron chi connectivity index (χ2n) is 29.0. The number of hydrogen-bond acceptors (Lipinski definition) is 5. The van der Waals surface area contributed by atoms with Crippen molar-refractivity contribution in [2.75, 3.05) is 0 Å². The zero-order chi connectivity index (χ0) is 65.5. The summed E-state index contributed by atoms with van der Waals surface area (Å²) in [4.78, 5) is 61.9. The molecular formula is C87H60O10. The number of fused-ring (bicyclic) bond motifs is 5. The van der Waals surface area contributed by atoms with E-state index in [9.17, 15) is 49.5 Å². The van der Waals surface area contributed by atoms with Crippen LogP contribution in [0.25, 0.3) is 55.6 Å². The lowest BCUT2D eigenvalue weighted by Crippen LogP contribution is -2.63. The minimum Gasteiger partial charge on any atom is -0.481 e. The fraction of sp³-hybridized carbons (Fsp3) is 0.207. The average Bonchev–Trinajstić information content (AvgIpc) is 1.39. The van der Waals surface area contributed by atoms with E-state index in [4.69, 9.17) is 0 Å². The molecule has 468 valence electrons. The van der Waals surface area contributed by atoms with Gasteiger partial charge in [0.15, 0.2) is 0 Å². The van der Waals surface area contributed by atoms with Crippen LogP contribution in [0.4, 0.5) is 0 Å². The van der Waals surface area contributed by atoms with Crippen LogP contribution in [0.3, 0.4) is 0 Å². The number of aryl methyl sites for hydroxylation is 5. The highest BCUT2D eigenvalue weighted by molar-refractivity contribution is 6.15. The Morgan fingerprint density at radius 3 is 0.680 bits per heavy atom. The molecule has 0 fully saturated rings. The minimum atomic E-state index is -1.01. The Labute approximate surface area is 557 Å². The largest absolute Gasteiger partial charge is 0.481 e. The van der Waals surface area contributed by atoms with Crippen molar-refractivity contribution in [3.8, 4) is 55.6 Å². The maximum Gasteiger partial charge on any atom is 0.303 e. The topological polar surface area (TPSA) is 186 Å². The Balaban J connectivity index is 1.04. The molecule has 10 aromatic rings. The first-order chi connectivity index (χ1) is 47.1. The van der Waals surface area contributed by atoms with Crippen molar-refractivity contribution in [2.45, 2.75) is 105 Å². The van der Waals surface area contributed by atoms with E-state index < -0.39 is 62.3 Å². The van der Waals surface area contributed by atoms with Crippen LogP contribution in [0.15, 0.2) is 204 Å². The molecule has 0 radical (unpaired) electrons. The number of allylic oxidation sites excluding steroid dienone is 4. The first kappa shape index (κ1) is 55.3. The van der Waals surface area contributed by atoms with Gasteiger partial charge in [0.1, 0.15) is 0 Å². The molecule has 0 saturated carbocycles. The summed E-state index contributed by atoms with van der Waals surface area (Å²) < 4.78 is 0. The van der Waals surface area contributed by atoms with Gasteiger partial charge in [0.25, 0.3) is 0 Å². The number of benzene rings is 10. The van der Waals surface area contributed by atoms with Gasteiger partial charge < -0.3 is 25.5 Å². The van der Waals surface area contributed by atoms with Crippen molar-refractivity contribution >= 4 is 29.8 Å². The van der Waals surface area contributed by atoms with Crippen molar-refractivity contribution in [2.24, 2.45) is 5.41 Å². The second-order valence-corrected chi connectivity index (χ2v) is 29.0. The molecule has 10 heteroatoms. The summed E-state index contributed by atoms with van der Waals surface area (Å²) in [6, 6.07) is 69.1. The first-order valence-electron chi connectivity index (χ1n) is 34.1. The summed E-state index contributed by atoms with van der Waals surface area (Å²) in [6.07, 6.45) is 2.34. The SMILES string of the molecule is CC[C@]12C3=C4C5=C1[C@@]1(c6ccc(CCC(=O)O)cc6)c6c7ccc8c6[C@]5(c5ccc(CCC(=O)O)cc5)c5c-8ccc6c5[C@]4(c4ccc(CCC(=O)O)cc4)c4c-6ccc5c4[C@]3(c3ccc(CCC(=O)O)cc3)c3c-5ccc4c3[C@]2(c2ccc(CCC(=O)O)cc2)c2c-4ccc-7c21. The molecule has 5 N–H and O–H groups in total. The fourth-order valence-electron chi connectivity index (χ4n) is 22.9. The molecule has 0 bridgehead atoms. The predicted molar refractivity (Wildman–Crippen MR) is 365 cm³/mol. The zero-order valence-corrected chi connectivity index (χ0v) is 52.9. The van der Waals surface area contributed by atoms with Gasteiger partial charge in [0.2, 0.25) is 0 Å². The normalized spacial score (nSPS) is 23.9. The van der Waals surface area contributed by atoms with E-state index >= 15 is 0 Å². The van der Waals surface area contributed by atoms with Crippen molar-refractivity contribution in [1.29, 1.82) is 0 Å². The molecule has 6 atom stereocenters. The van der Waals surface area contributed by atoms with E-state index in [1.54, 1.807) is 0 Å². The van der Waals surface area contributed by atoms with Crippen molar-refractivity contribution < 1.29 is 49.5 Å². The Morgan fingerprint density at radius 2 is 0.454 bits per heavy atom. The summed E-state index contributed by atoms with van der Waals surface area (Å²) in [5.41, 5.74) is 33.7. The van der Waals surface area contributed by atoms with Crippen molar-refractivity contribution in [1.82, 2.24) is 0 Å². The summed E-state index contributed by atoms with van der Waals surface area (Å²) >= 11 is 0. The highest BCUT2D eigenvalue weighted by atomic mass is 16.4. The molecule has 0 aromatic heterocycles. The number of carbonyl (C=O) groups is 5. The molecule has 97 heavy (non-hydrogen) atoms. The van der Waals surface area contributed by atoms with Crippen molar-refractivity contribution in [3.05, 3.63) is 316 Å². The number of rotatable bonds is 21. The monoisotopic (exact) mass is 1260 g/mol. The van der Waals surface area contributed by atoms with Crippen LogP contribution in [0.5, 0.6) is 0 Å². The van der Waals surface area contributed by atoms with Gasteiger partial charge in [-0.15, -0.1) is 0 Å². The molecule has 10 aromatic carbocycles. The number of hydrogen-bond donors (Lipinski definition) is 5. The maximum atomic E-state index is 12.4. The molecular weight excluding hydrogens is 1200 g/mol. The predicted octanol–water partition coefficient (Wildman–Crippen LogP) is 15.7.